The molecule has 0 fully saturated rings. The van der Waals surface area contributed by atoms with Crippen molar-refractivity contribution in [2.45, 2.75) is 17.9 Å². The molecule has 0 saturated heterocycles. The fraction of sp³-hybridized carbons (Fsp3) is 0.160. The standard InChI is InChI=1S/C25H19F4N3O2S2/c26-18-8-10-19(11-9-18)32-23(34)20-6-1-2-7-21(20)31-24(32)36-15-35-14-22(33)30-13-16-4-3-5-17(12-16)25(27,28)29/h1-12H,13-15H2,(H,30,33). The summed E-state index contributed by atoms with van der Waals surface area (Å²) in [5, 5.41) is 3.80. The molecule has 5 nitrogen and oxygen atoms in total. The first kappa shape index (κ1) is 25.8. The monoisotopic (exact) mass is 533 g/mol. The SMILES string of the molecule is O=C(CSCSc1nc2ccccc2c(=O)n1-c1ccc(F)cc1)NCc1cccc(C(F)(F)F)c1. The Morgan fingerprint density at radius 1 is 1.00 bits per heavy atom. The van der Waals surface area contributed by atoms with Crippen molar-refractivity contribution < 1.29 is 22.4 Å². The van der Waals surface area contributed by atoms with E-state index in [0.29, 0.717) is 32.4 Å². The van der Waals surface area contributed by atoms with Gasteiger partial charge in [-0.15, -0.1) is 11.8 Å². The van der Waals surface area contributed by atoms with Gasteiger partial charge in [0.25, 0.3) is 5.56 Å². The number of carbonyl (C=O) groups excluding carboxylic acids is 1. The number of rotatable bonds is 8. The molecular weight excluding hydrogens is 514 g/mol. The number of hydrogen-bond acceptors (Lipinski definition) is 5. The van der Waals surface area contributed by atoms with Crippen LogP contribution in [0.15, 0.2) is 82.7 Å². The average molecular weight is 534 g/mol. The van der Waals surface area contributed by atoms with Crippen molar-refractivity contribution in [2.75, 3.05) is 10.8 Å². The zero-order valence-electron chi connectivity index (χ0n) is 18.6. The number of aromatic nitrogens is 2. The maximum absolute atomic E-state index is 13.4. The number of thioether (sulfide) groups is 2. The Bertz CT molecular complexity index is 1440. The van der Waals surface area contributed by atoms with Crippen molar-refractivity contribution in [2.24, 2.45) is 0 Å². The number of amides is 1. The lowest BCUT2D eigenvalue weighted by atomic mass is 10.1. The first-order valence-electron chi connectivity index (χ1n) is 10.6. The minimum atomic E-state index is -4.45. The molecular formula is C25H19F4N3O2S2. The van der Waals surface area contributed by atoms with Crippen LogP contribution in [0, 0.1) is 5.82 Å². The maximum atomic E-state index is 13.4. The van der Waals surface area contributed by atoms with E-state index in [2.05, 4.69) is 10.3 Å². The number of nitrogens with one attached hydrogen (secondary N) is 1. The Hall–Kier alpha value is -3.31. The van der Waals surface area contributed by atoms with Crippen LogP contribution < -0.4 is 10.9 Å². The number of carbonyl (C=O) groups is 1. The predicted octanol–water partition coefficient (Wildman–Crippen LogP) is 5.64. The van der Waals surface area contributed by atoms with Gasteiger partial charge in [0.15, 0.2) is 5.16 Å². The van der Waals surface area contributed by atoms with Crippen molar-refractivity contribution in [3.05, 3.63) is 100 Å². The summed E-state index contributed by atoms with van der Waals surface area (Å²) in [7, 11) is 0. The Balaban J connectivity index is 1.40. The number of halogens is 4. The van der Waals surface area contributed by atoms with E-state index >= 15 is 0 Å². The summed E-state index contributed by atoms with van der Waals surface area (Å²) in [6.45, 7) is -0.0210. The molecule has 1 N–H and O–H groups in total. The molecule has 0 atom stereocenters. The fourth-order valence-corrected chi connectivity index (χ4v) is 5.22. The largest absolute Gasteiger partial charge is 0.416 e. The second-order valence-electron chi connectivity index (χ2n) is 7.61. The highest BCUT2D eigenvalue weighted by Gasteiger charge is 2.30. The van der Waals surface area contributed by atoms with Gasteiger partial charge >= 0.3 is 6.18 Å². The fourth-order valence-electron chi connectivity index (χ4n) is 3.37. The van der Waals surface area contributed by atoms with Gasteiger partial charge in [0.2, 0.25) is 5.91 Å². The van der Waals surface area contributed by atoms with E-state index in [1.165, 1.54) is 64.5 Å². The highest BCUT2D eigenvalue weighted by atomic mass is 32.2. The van der Waals surface area contributed by atoms with Crippen LogP contribution in [0.2, 0.25) is 0 Å². The molecule has 3 aromatic carbocycles. The quantitative estimate of drug-likeness (QED) is 0.104. The van der Waals surface area contributed by atoms with Gasteiger partial charge in [0.05, 0.1) is 27.9 Å². The third-order valence-electron chi connectivity index (χ3n) is 5.08. The normalized spacial score (nSPS) is 11.6. The first-order valence-corrected chi connectivity index (χ1v) is 12.8. The summed E-state index contributed by atoms with van der Waals surface area (Å²) in [5.74, 6) is -0.692. The molecule has 11 heteroatoms. The third-order valence-corrected chi connectivity index (χ3v) is 7.21. The zero-order chi connectivity index (χ0) is 25.7. The molecule has 0 radical (unpaired) electrons. The zero-order valence-corrected chi connectivity index (χ0v) is 20.2. The van der Waals surface area contributed by atoms with Crippen LogP contribution in [-0.4, -0.2) is 26.3 Å². The van der Waals surface area contributed by atoms with Crippen LogP contribution >= 0.6 is 23.5 Å². The van der Waals surface area contributed by atoms with E-state index in [1.54, 1.807) is 24.3 Å². The summed E-state index contributed by atoms with van der Waals surface area (Å²) in [4.78, 5) is 29.9. The summed E-state index contributed by atoms with van der Waals surface area (Å²) in [5.41, 5.74) is 0.271. The molecule has 0 spiro atoms. The number of para-hydroxylation sites is 1. The third kappa shape index (κ3) is 6.27. The first-order chi connectivity index (χ1) is 17.2. The van der Waals surface area contributed by atoms with Gasteiger partial charge in [-0.2, -0.15) is 13.2 Å². The van der Waals surface area contributed by atoms with Gasteiger partial charge in [-0.05, 0) is 54.1 Å². The minimum absolute atomic E-state index is 0.0210. The summed E-state index contributed by atoms with van der Waals surface area (Å²) >= 11 is 2.52. The van der Waals surface area contributed by atoms with Crippen LogP contribution in [0.3, 0.4) is 0 Å². The number of benzene rings is 3. The van der Waals surface area contributed by atoms with Crippen molar-refractivity contribution in [1.82, 2.24) is 14.9 Å². The highest BCUT2D eigenvalue weighted by Crippen LogP contribution is 2.29. The van der Waals surface area contributed by atoms with E-state index in [-0.39, 0.29) is 23.8 Å². The minimum Gasteiger partial charge on any atom is -0.351 e. The lowest BCUT2D eigenvalue weighted by Crippen LogP contribution is -2.25. The predicted molar refractivity (Wildman–Crippen MR) is 134 cm³/mol. The second kappa shape index (κ2) is 11.2. The molecule has 4 rings (SSSR count). The highest BCUT2D eigenvalue weighted by molar-refractivity contribution is 8.16. The van der Waals surface area contributed by atoms with Gasteiger partial charge < -0.3 is 5.32 Å². The van der Waals surface area contributed by atoms with Gasteiger partial charge in [-0.3, -0.25) is 14.2 Å². The summed E-state index contributed by atoms with van der Waals surface area (Å²) in [6, 6.07) is 17.2. The Labute approximate surface area is 211 Å². The second-order valence-corrected chi connectivity index (χ2v) is 9.91. The maximum Gasteiger partial charge on any atom is 0.416 e. The Kier molecular flexibility index (Phi) is 8.00. The molecule has 1 aromatic heterocycles. The van der Waals surface area contributed by atoms with Gasteiger partial charge in [0.1, 0.15) is 5.82 Å². The van der Waals surface area contributed by atoms with Gasteiger partial charge in [-0.25, -0.2) is 9.37 Å². The lowest BCUT2D eigenvalue weighted by molar-refractivity contribution is -0.137. The van der Waals surface area contributed by atoms with E-state index in [9.17, 15) is 27.2 Å². The van der Waals surface area contributed by atoms with Crippen LogP contribution in [0.1, 0.15) is 11.1 Å². The number of nitrogens with zero attached hydrogens (tertiary/aromatic N) is 2. The molecule has 1 heterocycles. The summed E-state index contributed by atoms with van der Waals surface area (Å²) in [6.07, 6.45) is -4.45. The topological polar surface area (TPSA) is 64.0 Å². The molecule has 0 unspecified atom stereocenters. The molecule has 0 aliphatic rings. The van der Waals surface area contributed by atoms with Gasteiger partial charge in [-0.1, -0.05) is 36.0 Å². The average Bonchev–Trinajstić information content (AvgIpc) is 2.86. The Morgan fingerprint density at radius 3 is 2.50 bits per heavy atom. The summed E-state index contributed by atoms with van der Waals surface area (Å²) < 4.78 is 53.4. The molecule has 186 valence electrons. The van der Waals surface area contributed by atoms with Crippen molar-refractivity contribution in [3.8, 4) is 5.69 Å². The van der Waals surface area contributed by atoms with Crippen LogP contribution in [-0.2, 0) is 17.5 Å². The van der Waals surface area contributed by atoms with E-state index in [4.69, 9.17) is 0 Å². The molecule has 0 aliphatic carbocycles. The van der Waals surface area contributed by atoms with Crippen LogP contribution in [0.4, 0.5) is 17.6 Å². The number of fused-ring (bicyclic) bond motifs is 1. The van der Waals surface area contributed by atoms with E-state index in [0.717, 1.165) is 12.1 Å². The van der Waals surface area contributed by atoms with Crippen molar-refractivity contribution in [1.29, 1.82) is 0 Å². The van der Waals surface area contributed by atoms with Crippen molar-refractivity contribution >= 4 is 40.3 Å². The molecule has 4 aromatic rings. The van der Waals surface area contributed by atoms with Gasteiger partial charge in [0, 0.05) is 11.6 Å². The van der Waals surface area contributed by atoms with Crippen LogP contribution in [0.25, 0.3) is 16.6 Å². The molecule has 1 amide bonds. The smallest absolute Gasteiger partial charge is 0.351 e. The molecule has 0 saturated carbocycles. The van der Waals surface area contributed by atoms with E-state index < -0.39 is 17.6 Å². The van der Waals surface area contributed by atoms with Crippen LogP contribution in [0.5, 0.6) is 0 Å². The van der Waals surface area contributed by atoms with Crippen molar-refractivity contribution in [3.63, 3.8) is 0 Å². The molecule has 0 aliphatic heterocycles. The molecule has 36 heavy (non-hydrogen) atoms. The lowest BCUT2D eigenvalue weighted by Gasteiger charge is -2.13. The number of alkyl halides is 3. The number of hydrogen-bond donors (Lipinski definition) is 1. The molecule has 0 bridgehead atoms. The van der Waals surface area contributed by atoms with E-state index in [1.807, 2.05) is 0 Å². The Morgan fingerprint density at radius 2 is 1.75 bits per heavy atom.